The van der Waals surface area contributed by atoms with E-state index in [9.17, 15) is 4.79 Å². The highest BCUT2D eigenvalue weighted by atomic mass is 16.5. The average Bonchev–Trinajstić information content (AvgIpc) is 2.28. The van der Waals surface area contributed by atoms with Crippen LogP contribution in [0.15, 0.2) is 0 Å². The second-order valence-corrected chi connectivity index (χ2v) is 4.62. The van der Waals surface area contributed by atoms with Gasteiger partial charge in [-0.25, -0.2) is 0 Å². The van der Waals surface area contributed by atoms with Crippen molar-refractivity contribution >= 4 is 5.97 Å². The molecule has 0 aromatic rings. The zero-order valence-corrected chi connectivity index (χ0v) is 10.8. The molecule has 1 aliphatic heterocycles. The molecular formula is C12H24N2O3. The fourth-order valence-corrected chi connectivity index (χ4v) is 2.04. The Hall–Kier alpha value is -0.650. The lowest BCUT2D eigenvalue weighted by Gasteiger charge is -2.31. The van der Waals surface area contributed by atoms with Gasteiger partial charge in [-0.1, -0.05) is 6.92 Å². The zero-order chi connectivity index (χ0) is 12.7. The number of nitrogens with one attached hydrogen (secondary N) is 1. The monoisotopic (exact) mass is 244 g/mol. The summed E-state index contributed by atoms with van der Waals surface area (Å²) >= 11 is 0. The maximum Gasteiger partial charge on any atom is 0.320 e. The number of aliphatic carboxylic acids is 1. The molecule has 17 heavy (non-hydrogen) atoms. The van der Waals surface area contributed by atoms with Gasteiger partial charge in [0.1, 0.15) is 6.04 Å². The summed E-state index contributed by atoms with van der Waals surface area (Å²) in [6.07, 6.45) is 1.87. The molecule has 0 aliphatic carbocycles. The topological polar surface area (TPSA) is 61.8 Å². The number of carboxylic acid groups (broad SMARTS) is 1. The standard InChI is InChI=1S/C12H24N2O3/c1-3-5-13-11(12(15)16)4-6-14-7-8-17-10(2)9-14/h10-11,13H,3-9H2,1-2H3,(H,15,16). The number of nitrogens with zero attached hydrogens (tertiary/aromatic N) is 1. The van der Waals surface area contributed by atoms with Crippen molar-refractivity contribution in [3.05, 3.63) is 0 Å². The van der Waals surface area contributed by atoms with E-state index in [2.05, 4.69) is 17.1 Å². The fourth-order valence-electron chi connectivity index (χ4n) is 2.04. The van der Waals surface area contributed by atoms with Crippen molar-refractivity contribution in [3.63, 3.8) is 0 Å². The lowest BCUT2D eigenvalue weighted by molar-refractivity contribution is -0.139. The van der Waals surface area contributed by atoms with Crippen LogP contribution in [-0.2, 0) is 9.53 Å². The van der Waals surface area contributed by atoms with Crippen LogP contribution < -0.4 is 5.32 Å². The molecule has 0 spiro atoms. The molecule has 2 N–H and O–H groups in total. The minimum Gasteiger partial charge on any atom is -0.480 e. The Morgan fingerprint density at radius 1 is 1.65 bits per heavy atom. The Morgan fingerprint density at radius 2 is 2.41 bits per heavy atom. The molecule has 1 rings (SSSR count). The molecule has 0 aromatic carbocycles. The summed E-state index contributed by atoms with van der Waals surface area (Å²) in [6, 6.07) is -0.423. The van der Waals surface area contributed by atoms with Gasteiger partial charge in [-0.2, -0.15) is 0 Å². The molecule has 100 valence electrons. The van der Waals surface area contributed by atoms with Crippen LogP contribution in [0, 0.1) is 0 Å². The summed E-state index contributed by atoms with van der Waals surface area (Å²) in [4.78, 5) is 13.3. The highest BCUT2D eigenvalue weighted by Gasteiger charge is 2.20. The van der Waals surface area contributed by atoms with E-state index in [1.807, 2.05) is 6.92 Å². The van der Waals surface area contributed by atoms with E-state index in [1.54, 1.807) is 0 Å². The lowest BCUT2D eigenvalue weighted by atomic mass is 10.2. The molecule has 5 heteroatoms. The van der Waals surface area contributed by atoms with E-state index in [1.165, 1.54) is 0 Å². The molecule has 1 fully saturated rings. The van der Waals surface area contributed by atoms with Gasteiger partial charge in [0.05, 0.1) is 12.7 Å². The number of rotatable bonds is 7. The van der Waals surface area contributed by atoms with Crippen molar-refractivity contribution in [2.75, 3.05) is 32.8 Å². The van der Waals surface area contributed by atoms with Crippen LogP contribution in [-0.4, -0.2) is 60.9 Å². The van der Waals surface area contributed by atoms with Crippen molar-refractivity contribution in [3.8, 4) is 0 Å². The van der Waals surface area contributed by atoms with E-state index < -0.39 is 12.0 Å². The van der Waals surface area contributed by atoms with Crippen LogP contribution in [0.2, 0.25) is 0 Å². The van der Waals surface area contributed by atoms with E-state index in [0.717, 1.165) is 39.2 Å². The molecule has 5 nitrogen and oxygen atoms in total. The zero-order valence-electron chi connectivity index (χ0n) is 10.8. The summed E-state index contributed by atoms with van der Waals surface area (Å²) in [7, 11) is 0. The molecule has 0 bridgehead atoms. The van der Waals surface area contributed by atoms with Crippen molar-refractivity contribution in [1.29, 1.82) is 0 Å². The smallest absolute Gasteiger partial charge is 0.320 e. The fraction of sp³-hybridized carbons (Fsp3) is 0.917. The van der Waals surface area contributed by atoms with Crippen LogP contribution in [0.3, 0.4) is 0 Å². The van der Waals surface area contributed by atoms with Gasteiger partial charge in [0.25, 0.3) is 0 Å². The van der Waals surface area contributed by atoms with Gasteiger partial charge in [-0.3, -0.25) is 9.69 Å². The summed E-state index contributed by atoms with van der Waals surface area (Å²) in [5, 5.41) is 12.1. The summed E-state index contributed by atoms with van der Waals surface area (Å²) in [5.41, 5.74) is 0. The van der Waals surface area contributed by atoms with E-state index in [-0.39, 0.29) is 6.10 Å². The Labute approximate surface area is 103 Å². The van der Waals surface area contributed by atoms with Crippen LogP contribution in [0.5, 0.6) is 0 Å². The summed E-state index contributed by atoms with van der Waals surface area (Å²) in [6.45, 7) is 8.23. The quantitative estimate of drug-likeness (QED) is 0.685. The van der Waals surface area contributed by atoms with E-state index >= 15 is 0 Å². The van der Waals surface area contributed by atoms with E-state index in [0.29, 0.717) is 6.42 Å². The van der Waals surface area contributed by atoms with E-state index in [4.69, 9.17) is 9.84 Å². The van der Waals surface area contributed by atoms with Gasteiger partial charge in [0.15, 0.2) is 0 Å². The molecule has 1 aliphatic rings. The predicted molar refractivity (Wildman–Crippen MR) is 66.2 cm³/mol. The van der Waals surface area contributed by atoms with Gasteiger partial charge in [-0.05, 0) is 26.3 Å². The van der Waals surface area contributed by atoms with Gasteiger partial charge >= 0.3 is 5.97 Å². The number of hydrogen-bond donors (Lipinski definition) is 2. The number of carbonyl (C=O) groups is 1. The Balaban J connectivity index is 2.27. The van der Waals surface area contributed by atoms with Crippen LogP contribution in [0.25, 0.3) is 0 Å². The molecule has 2 atom stereocenters. The number of ether oxygens (including phenoxy) is 1. The van der Waals surface area contributed by atoms with Crippen LogP contribution in [0.1, 0.15) is 26.7 Å². The predicted octanol–water partition coefficient (Wildman–Crippen LogP) is 0.550. The first-order valence-electron chi connectivity index (χ1n) is 6.43. The second kappa shape index (κ2) is 7.63. The molecule has 0 amide bonds. The third kappa shape index (κ3) is 5.48. The van der Waals surface area contributed by atoms with Crippen molar-refractivity contribution in [2.24, 2.45) is 0 Å². The molecule has 0 saturated carbocycles. The third-order valence-corrected chi connectivity index (χ3v) is 3.00. The van der Waals surface area contributed by atoms with Crippen molar-refractivity contribution < 1.29 is 14.6 Å². The van der Waals surface area contributed by atoms with Gasteiger partial charge in [0.2, 0.25) is 0 Å². The lowest BCUT2D eigenvalue weighted by Crippen LogP contribution is -2.45. The largest absolute Gasteiger partial charge is 0.480 e. The molecule has 1 heterocycles. The number of hydrogen-bond acceptors (Lipinski definition) is 4. The summed E-state index contributed by atoms with van der Waals surface area (Å²) in [5.74, 6) is -0.750. The first-order chi connectivity index (χ1) is 8.13. The normalized spacial score (nSPS) is 23.5. The average molecular weight is 244 g/mol. The minimum atomic E-state index is -0.750. The molecule has 0 radical (unpaired) electrons. The first kappa shape index (κ1) is 14.4. The highest BCUT2D eigenvalue weighted by Crippen LogP contribution is 2.06. The van der Waals surface area contributed by atoms with Crippen LogP contribution in [0.4, 0.5) is 0 Å². The molecule has 2 unspecified atom stereocenters. The first-order valence-corrected chi connectivity index (χ1v) is 6.43. The van der Waals surface area contributed by atoms with Crippen molar-refractivity contribution in [2.45, 2.75) is 38.8 Å². The van der Waals surface area contributed by atoms with Crippen LogP contribution >= 0.6 is 0 Å². The maximum absolute atomic E-state index is 11.0. The SMILES string of the molecule is CCCNC(CCN1CCOC(C)C1)C(=O)O. The van der Waals surface area contributed by atoms with Gasteiger partial charge in [0, 0.05) is 19.6 Å². The third-order valence-electron chi connectivity index (χ3n) is 3.00. The number of morpholine rings is 1. The summed E-state index contributed by atoms with van der Waals surface area (Å²) < 4.78 is 5.45. The molecular weight excluding hydrogens is 220 g/mol. The number of carboxylic acids is 1. The molecule has 0 aromatic heterocycles. The minimum absolute atomic E-state index is 0.260. The molecule has 1 saturated heterocycles. The Bertz CT molecular complexity index is 236. The maximum atomic E-state index is 11.0. The van der Waals surface area contributed by atoms with Gasteiger partial charge < -0.3 is 15.2 Å². The Kier molecular flexibility index (Phi) is 6.47. The van der Waals surface area contributed by atoms with Crippen molar-refractivity contribution in [1.82, 2.24) is 10.2 Å². The second-order valence-electron chi connectivity index (χ2n) is 4.62. The van der Waals surface area contributed by atoms with Gasteiger partial charge in [-0.15, -0.1) is 0 Å². The highest BCUT2D eigenvalue weighted by molar-refractivity contribution is 5.73. The Morgan fingerprint density at radius 3 is 3.00 bits per heavy atom.